The van der Waals surface area contributed by atoms with Gasteiger partial charge in [0.1, 0.15) is 13.2 Å². The van der Waals surface area contributed by atoms with Gasteiger partial charge in [0.25, 0.3) is 0 Å². The largest absolute Gasteiger partial charge is 0.462 e. The summed E-state index contributed by atoms with van der Waals surface area (Å²) < 4.78 is 16.8. The van der Waals surface area contributed by atoms with Crippen LogP contribution in [0.5, 0.6) is 0 Å². The molecule has 0 radical (unpaired) electrons. The van der Waals surface area contributed by atoms with E-state index >= 15 is 0 Å². The zero-order valence-corrected chi connectivity index (χ0v) is 42.7. The van der Waals surface area contributed by atoms with Gasteiger partial charge in [-0.05, 0) is 109 Å². The number of esters is 3. The summed E-state index contributed by atoms with van der Waals surface area (Å²) in [6.07, 6.45) is 67.4. The number of unbranched alkanes of at least 4 members (excludes halogenated alkanes) is 26. The van der Waals surface area contributed by atoms with E-state index < -0.39 is 6.10 Å². The first-order valence-corrected chi connectivity index (χ1v) is 27.4. The van der Waals surface area contributed by atoms with E-state index in [0.29, 0.717) is 19.3 Å². The summed E-state index contributed by atoms with van der Waals surface area (Å²) in [4.78, 5) is 38.0. The monoisotopic (exact) mass is 907 g/mol. The Bertz CT molecular complexity index is 1230. The average Bonchev–Trinajstić information content (AvgIpc) is 3.30. The van der Waals surface area contributed by atoms with Crippen molar-refractivity contribution in [2.24, 2.45) is 0 Å². The number of rotatable bonds is 49. The molecule has 0 saturated heterocycles. The second kappa shape index (κ2) is 53.5. The predicted octanol–water partition coefficient (Wildman–Crippen LogP) is 18.2. The number of carbonyl (C=O) groups excluding carboxylic acids is 3. The van der Waals surface area contributed by atoms with Gasteiger partial charge in [0.05, 0.1) is 0 Å². The summed E-state index contributed by atoms with van der Waals surface area (Å²) in [6, 6.07) is 0. The molecule has 0 fully saturated rings. The summed E-state index contributed by atoms with van der Waals surface area (Å²) in [5.41, 5.74) is 0. The molecule has 0 aromatic carbocycles. The molecule has 0 aromatic rings. The first kappa shape index (κ1) is 61.9. The maximum Gasteiger partial charge on any atom is 0.306 e. The zero-order valence-electron chi connectivity index (χ0n) is 42.7. The number of carbonyl (C=O) groups is 3. The number of hydrogen-bond donors (Lipinski definition) is 0. The maximum atomic E-state index is 12.8. The van der Waals surface area contributed by atoms with Crippen molar-refractivity contribution in [3.63, 3.8) is 0 Å². The van der Waals surface area contributed by atoms with Gasteiger partial charge >= 0.3 is 17.9 Å². The van der Waals surface area contributed by atoms with Crippen LogP contribution in [0, 0.1) is 0 Å². The van der Waals surface area contributed by atoms with Crippen LogP contribution in [-0.2, 0) is 28.6 Å². The minimum Gasteiger partial charge on any atom is -0.462 e. The van der Waals surface area contributed by atoms with Crippen LogP contribution >= 0.6 is 0 Å². The highest BCUT2D eigenvalue weighted by molar-refractivity contribution is 5.71. The molecular weight excluding hydrogens is 805 g/mol. The third-order valence-corrected chi connectivity index (χ3v) is 11.7. The average molecular weight is 907 g/mol. The quantitative estimate of drug-likeness (QED) is 0.0262. The molecule has 0 aliphatic carbocycles. The molecule has 374 valence electrons. The van der Waals surface area contributed by atoms with E-state index in [0.717, 1.165) is 83.5 Å². The van der Waals surface area contributed by atoms with Crippen molar-refractivity contribution in [1.29, 1.82) is 0 Å². The first-order chi connectivity index (χ1) is 32.0. The molecule has 0 rings (SSSR count). The van der Waals surface area contributed by atoms with Gasteiger partial charge in [-0.3, -0.25) is 14.4 Å². The van der Waals surface area contributed by atoms with E-state index in [9.17, 15) is 14.4 Å². The number of allylic oxidation sites excluding steroid dienone is 12. The van der Waals surface area contributed by atoms with Crippen LogP contribution in [-0.4, -0.2) is 37.2 Å². The van der Waals surface area contributed by atoms with Gasteiger partial charge in [0, 0.05) is 19.3 Å². The molecule has 6 heteroatoms. The molecule has 65 heavy (non-hydrogen) atoms. The second-order valence-electron chi connectivity index (χ2n) is 18.1. The van der Waals surface area contributed by atoms with Crippen molar-refractivity contribution in [1.82, 2.24) is 0 Å². The topological polar surface area (TPSA) is 78.9 Å². The molecule has 0 saturated carbocycles. The van der Waals surface area contributed by atoms with E-state index in [1.165, 1.54) is 135 Å². The third-order valence-electron chi connectivity index (χ3n) is 11.7. The van der Waals surface area contributed by atoms with Crippen molar-refractivity contribution in [3.05, 3.63) is 72.9 Å². The molecule has 1 atom stereocenters. The predicted molar refractivity (Wildman–Crippen MR) is 279 cm³/mol. The van der Waals surface area contributed by atoms with E-state index in [4.69, 9.17) is 14.2 Å². The fourth-order valence-electron chi connectivity index (χ4n) is 7.48. The highest BCUT2D eigenvalue weighted by Crippen LogP contribution is 2.14. The molecule has 0 heterocycles. The van der Waals surface area contributed by atoms with Crippen LogP contribution in [0.2, 0.25) is 0 Å². The van der Waals surface area contributed by atoms with Crippen molar-refractivity contribution in [2.45, 2.75) is 271 Å². The van der Waals surface area contributed by atoms with Crippen LogP contribution < -0.4 is 0 Å². The molecule has 0 spiro atoms. The van der Waals surface area contributed by atoms with Crippen LogP contribution in [0.25, 0.3) is 0 Å². The van der Waals surface area contributed by atoms with Gasteiger partial charge in [-0.25, -0.2) is 0 Å². The Labute approximate surface area is 402 Å². The minimum atomic E-state index is -0.804. The molecule has 0 aromatic heterocycles. The Morgan fingerprint density at radius 2 is 0.569 bits per heavy atom. The van der Waals surface area contributed by atoms with Gasteiger partial charge in [-0.1, -0.05) is 209 Å². The third kappa shape index (κ3) is 51.7. The second-order valence-corrected chi connectivity index (χ2v) is 18.1. The summed E-state index contributed by atoms with van der Waals surface area (Å²) in [5.74, 6) is -0.970. The van der Waals surface area contributed by atoms with Crippen LogP contribution in [0.4, 0.5) is 0 Å². The Morgan fingerprint density at radius 3 is 0.969 bits per heavy atom. The lowest BCUT2D eigenvalue weighted by atomic mass is 10.1. The lowest BCUT2D eigenvalue weighted by Gasteiger charge is -2.18. The highest BCUT2D eigenvalue weighted by atomic mass is 16.6. The van der Waals surface area contributed by atoms with Gasteiger partial charge in [0.2, 0.25) is 0 Å². The van der Waals surface area contributed by atoms with Crippen molar-refractivity contribution in [2.75, 3.05) is 13.2 Å². The SMILES string of the molecule is CCCCC/C=C/C/C=C/C/C=C/C/C=C/CCCC(=O)OCC(COC(=O)CCCCCCC/C=C/CCCCCCCC)OC(=O)CCCCCCC/C=C/CCCCCCCC. The van der Waals surface area contributed by atoms with Gasteiger partial charge < -0.3 is 14.2 Å². The van der Waals surface area contributed by atoms with Crippen LogP contribution in [0.1, 0.15) is 265 Å². The van der Waals surface area contributed by atoms with Crippen LogP contribution in [0.3, 0.4) is 0 Å². The Kier molecular flexibility index (Phi) is 50.9. The maximum absolute atomic E-state index is 12.8. The minimum absolute atomic E-state index is 0.0997. The molecule has 1 unspecified atom stereocenters. The Morgan fingerprint density at radius 1 is 0.308 bits per heavy atom. The number of ether oxygens (including phenoxy) is 3. The van der Waals surface area contributed by atoms with E-state index in [1.54, 1.807) is 0 Å². The summed E-state index contributed by atoms with van der Waals surface area (Å²) in [7, 11) is 0. The van der Waals surface area contributed by atoms with Gasteiger partial charge in [-0.15, -0.1) is 0 Å². The lowest BCUT2D eigenvalue weighted by molar-refractivity contribution is -0.167. The van der Waals surface area contributed by atoms with Gasteiger partial charge in [0.15, 0.2) is 6.10 Å². The molecule has 0 N–H and O–H groups in total. The fourth-order valence-corrected chi connectivity index (χ4v) is 7.48. The van der Waals surface area contributed by atoms with E-state index in [-0.39, 0.29) is 37.5 Å². The Balaban J connectivity index is 4.49. The summed E-state index contributed by atoms with van der Waals surface area (Å²) >= 11 is 0. The molecule has 0 aliphatic rings. The number of hydrogen-bond acceptors (Lipinski definition) is 6. The van der Waals surface area contributed by atoms with E-state index in [2.05, 4.69) is 93.7 Å². The fraction of sp³-hybridized carbons (Fsp3) is 0.746. The van der Waals surface area contributed by atoms with Crippen LogP contribution in [0.15, 0.2) is 72.9 Å². The smallest absolute Gasteiger partial charge is 0.306 e. The van der Waals surface area contributed by atoms with E-state index in [1.807, 2.05) is 0 Å². The van der Waals surface area contributed by atoms with Crippen molar-refractivity contribution in [3.8, 4) is 0 Å². The zero-order chi connectivity index (χ0) is 47.2. The first-order valence-electron chi connectivity index (χ1n) is 27.4. The highest BCUT2D eigenvalue weighted by Gasteiger charge is 2.19. The van der Waals surface area contributed by atoms with Crippen molar-refractivity contribution >= 4 is 17.9 Å². The molecule has 0 aliphatic heterocycles. The van der Waals surface area contributed by atoms with Crippen molar-refractivity contribution < 1.29 is 28.6 Å². The molecule has 6 nitrogen and oxygen atoms in total. The standard InChI is InChI=1S/C59H102O6/c1-4-7-10-13-16-19-22-25-28-29-32-34-37-40-43-46-49-52-58(61)64-55-56(65-59(62)53-50-47-44-41-38-35-31-27-24-21-18-15-12-9-6-3)54-63-57(60)51-48-45-42-39-36-33-30-26-23-20-17-14-11-8-5-2/h16,19,25-28,30-32,34,40,43,56H,4-15,17-18,20-24,29,33,35-39,41-42,44-55H2,1-3H3/b19-16+,28-25+,30-26+,31-27+,34-32+,43-40+. The van der Waals surface area contributed by atoms with Gasteiger partial charge in [-0.2, -0.15) is 0 Å². The molecule has 0 amide bonds. The summed E-state index contributed by atoms with van der Waals surface area (Å²) in [5, 5.41) is 0. The summed E-state index contributed by atoms with van der Waals surface area (Å²) in [6.45, 7) is 6.55. The normalized spacial score (nSPS) is 12.6. The lowest BCUT2D eigenvalue weighted by Crippen LogP contribution is -2.30. The molecule has 0 bridgehead atoms. The Hall–Kier alpha value is -3.15. The molecular formula is C59H102O6.